The lowest BCUT2D eigenvalue weighted by molar-refractivity contribution is -0.112. The van der Waals surface area contributed by atoms with Crippen molar-refractivity contribution in [3.63, 3.8) is 0 Å². The van der Waals surface area contributed by atoms with Crippen LogP contribution in [0.4, 0.5) is 0 Å². The molecule has 1 heterocycles. The van der Waals surface area contributed by atoms with Crippen molar-refractivity contribution < 1.29 is 14.3 Å². The number of morpholine rings is 1. The number of rotatable bonds is 11. The smallest absolute Gasteiger partial charge is 0.222 e. The quantitative estimate of drug-likeness (QED) is 0.424. The fourth-order valence-corrected chi connectivity index (χ4v) is 3.11. The van der Waals surface area contributed by atoms with Gasteiger partial charge >= 0.3 is 0 Å². The van der Waals surface area contributed by atoms with Crippen molar-refractivity contribution in [2.24, 2.45) is 0 Å². The Morgan fingerprint density at radius 3 is 2.72 bits per heavy atom. The average molecular weight is 368 g/mol. The molecule has 0 bridgehead atoms. The molecule has 1 aliphatic heterocycles. The monoisotopic (exact) mass is 367 g/mol. The lowest BCUT2D eigenvalue weighted by atomic mass is 10.1. The van der Waals surface area contributed by atoms with Crippen molar-refractivity contribution in [2.75, 3.05) is 32.8 Å². The molecular formula is C20H30ClNO3. The Bertz CT molecular complexity index is 506. The predicted molar refractivity (Wildman–Crippen MR) is 101 cm³/mol. The number of hydrogen-bond donors (Lipinski definition) is 0. The number of nitrogens with zero attached hydrogens (tertiary/aromatic N) is 1. The lowest BCUT2D eigenvalue weighted by Gasteiger charge is -2.32. The highest BCUT2D eigenvalue weighted by atomic mass is 35.5. The van der Waals surface area contributed by atoms with Gasteiger partial charge in [-0.05, 0) is 35.7 Å². The first kappa shape index (κ1) is 20.2. The van der Waals surface area contributed by atoms with Crippen molar-refractivity contribution in [2.45, 2.75) is 51.6 Å². The normalized spacial score (nSPS) is 18.2. The number of benzene rings is 1. The van der Waals surface area contributed by atoms with Gasteiger partial charge in [-0.3, -0.25) is 9.69 Å². The summed E-state index contributed by atoms with van der Waals surface area (Å²) in [4.78, 5) is 13.2. The molecule has 1 aromatic rings. The number of hydrogen-bond acceptors (Lipinski definition) is 4. The van der Waals surface area contributed by atoms with Crippen molar-refractivity contribution in [3.8, 4) is 5.75 Å². The first-order valence-corrected chi connectivity index (χ1v) is 9.82. The van der Waals surface area contributed by atoms with Crippen molar-refractivity contribution in [1.29, 1.82) is 0 Å². The molecule has 1 aliphatic rings. The maximum atomic E-state index is 10.9. The van der Waals surface area contributed by atoms with Crippen LogP contribution in [0.2, 0.25) is 0 Å². The van der Waals surface area contributed by atoms with Crippen LogP contribution in [0.3, 0.4) is 0 Å². The summed E-state index contributed by atoms with van der Waals surface area (Å²) in [6.45, 7) is 6.02. The fraction of sp³-hybridized carbons (Fsp3) is 0.650. The van der Waals surface area contributed by atoms with Gasteiger partial charge in [0.2, 0.25) is 5.24 Å². The SMILES string of the molecule is CCCCCCCOc1ccc(C2CN(CCC(=O)Cl)CCO2)cc1. The largest absolute Gasteiger partial charge is 0.494 e. The molecular weight excluding hydrogens is 338 g/mol. The van der Waals surface area contributed by atoms with Gasteiger partial charge in [-0.15, -0.1) is 0 Å². The van der Waals surface area contributed by atoms with E-state index in [2.05, 4.69) is 24.0 Å². The van der Waals surface area contributed by atoms with Gasteiger partial charge in [-0.1, -0.05) is 44.7 Å². The third-order valence-electron chi connectivity index (χ3n) is 4.54. The summed E-state index contributed by atoms with van der Waals surface area (Å²) in [5.74, 6) is 0.916. The lowest BCUT2D eigenvalue weighted by Crippen LogP contribution is -2.39. The summed E-state index contributed by atoms with van der Waals surface area (Å²) in [7, 11) is 0. The highest BCUT2D eigenvalue weighted by Crippen LogP contribution is 2.24. The third-order valence-corrected chi connectivity index (χ3v) is 4.73. The highest BCUT2D eigenvalue weighted by molar-refractivity contribution is 6.63. The molecule has 0 aromatic heterocycles. The standard InChI is InChI=1S/C20H30ClNO3/c1-2-3-4-5-6-14-24-18-9-7-17(8-10-18)19-16-22(13-15-25-19)12-11-20(21)23/h7-10,19H,2-6,11-16H2,1H3. The van der Waals surface area contributed by atoms with Crippen LogP contribution in [0.1, 0.15) is 57.1 Å². The van der Waals surface area contributed by atoms with Crippen molar-refractivity contribution in [1.82, 2.24) is 4.90 Å². The van der Waals surface area contributed by atoms with E-state index < -0.39 is 0 Å². The molecule has 25 heavy (non-hydrogen) atoms. The van der Waals surface area contributed by atoms with Crippen LogP contribution in [-0.2, 0) is 9.53 Å². The molecule has 0 saturated carbocycles. The van der Waals surface area contributed by atoms with Gasteiger partial charge < -0.3 is 9.47 Å². The second-order valence-electron chi connectivity index (χ2n) is 6.60. The van der Waals surface area contributed by atoms with Crippen LogP contribution < -0.4 is 4.74 Å². The summed E-state index contributed by atoms with van der Waals surface area (Å²) in [5, 5.41) is -0.278. The summed E-state index contributed by atoms with van der Waals surface area (Å²) >= 11 is 5.43. The van der Waals surface area contributed by atoms with Gasteiger partial charge in [-0.2, -0.15) is 0 Å². The zero-order valence-corrected chi connectivity index (χ0v) is 16.0. The molecule has 5 heteroatoms. The topological polar surface area (TPSA) is 38.8 Å². The third kappa shape index (κ3) is 7.76. The zero-order valence-electron chi connectivity index (χ0n) is 15.2. The summed E-state index contributed by atoms with van der Waals surface area (Å²) < 4.78 is 11.7. The van der Waals surface area contributed by atoms with Gasteiger partial charge in [0.05, 0.1) is 19.3 Å². The Balaban J connectivity index is 1.74. The van der Waals surface area contributed by atoms with E-state index in [9.17, 15) is 4.79 Å². The molecule has 1 saturated heterocycles. The molecule has 1 fully saturated rings. The van der Waals surface area contributed by atoms with E-state index in [1.54, 1.807) is 0 Å². The van der Waals surface area contributed by atoms with E-state index in [0.29, 0.717) is 19.6 Å². The van der Waals surface area contributed by atoms with Crippen molar-refractivity contribution in [3.05, 3.63) is 29.8 Å². The van der Waals surface area contributed by atoms with Gasteiger partial charge in [0, 0.05) is 26.1 Å². The van der Waals surface area contributed by atoms with E-state index in [4.69, 9.17) is 21.1 Å². The Labute approximate surface area is 156 Å². The number of carbonyl (C=O) groups is 1. The second-order valence-corrected chi connectivity index (χ2v) is 7.02. The Hall–Kier alpha value is -1.10. The zero-order chi connectivity index (χ0) is 17.9. The van der Waals surface area contributed by atoms with Crippen LogP contribution >= 0.6 is 11.6 Å². The molecule has 1 atom stereocenters. The molecule has 0 spiro atoms. The summed E-state index contributed by atoms with van der Waals surface area (Å²) in [6.07, 6.45) is 6.66. The molecule has 2 rings (SSSR count). The van der Waals surface area contributed by atoms with Crippen molar-refractivity contribution >= 4 is 16.8 Å². The Morgan fingerprint density at radius 1 is 1.24 bits per heavy atom. The number of ether oxygens (including phenoxy) is 2. The summed E-state index contributed by atoms with van der Waals surface area (Å²) in [5.41, 5.74) is 1.15. The van der Waals surface area contributed by atoms with Gasteiger partial charge in [0.15, 0.2) is 0 Å². The molecule has 1 aromatic carbocycles. The van der Waals surface area contributed by atoms with E-state index in [0.717, 1.165) is 37.4 Å². The van der Waals surface area contributed by atoms with Crippen LogP contribution in [0.5, 0.6) is 5.75 Å². The molecule has 0 aliphatic carbocycles. The predicted octanol–water partition coefficient (Wildman–Crippen LogP) is 4.56. The van der Waals surface area contributed by atoms with E-state index in [1.165, 1.54) is 25.7 Å². The number of carbonyl (C=O) groups excluding carboxylic acids is 1. The minimum absolute atomic E-state index is 0.0438. The van der Waals surface area contributed by atoms with Gasteiger partial charge in [-0.25, -0.2) is 0 Å². The first-order valence-electron chi connectivity index (χ1n) is 9.44. The molecule has 0 amide bonds. The Morgan fingerprint density at radius 2 is 2.00 bits per heavy atom. The Kier molecular flexibility index (Phi) is 9.30. The van der Waals surface area contributed by atoms with E-state index >= 15 is 0 Å². The van der Waals surface area contributed by atoms with Crippen LogP contribution in [0, 0.1) is 0 Å². The summed E-state index contributed by atoms with van der Waals surface area (Å²) in [6, 6.07) is 8.19. The van der Waals surface area contributed by atoms with Gasteiger partial charge in [0.1, 0.15) is 5.75 Å². The average Bonchev–Trinajstić information content (AvgIpc) is 2.64. The molecule has 4 nitrogen and oxygen atoms in total. The minimum Gasteiger partial charge on any atom is -0.494 e. The molecule has 1 unspecified atom stereocenters. The van der Waals surface area contributed by atoms with Crippen LogP contribution in [0.25, 0.3) is 0 Å². The second kappa shape index (κ2) is 11.5. The highest BCUT2D eigenvalue weighted by Gasteiger charge is 2.22. The van der Waals surface area contributed by atoms with E-state index in [1.807, 2.05) is 12.1 Å². The van der Waals surface area contributed by atoms with Crippen LogP contribution in [0.15, 0.2) is 24.3 Å². The first-order chi connectivity index (χ1) is 12.2. The van der Waals surface area contributed by atoms with Gasteiger partial charge in [0.25, 0.3) is 0 Å². The fourth-order valence-electron chi connectivity index (χ4n) is 3.03. The molecule has 0 N–H and O–H groups in total. The molecule has 0 radical (unpaired) electrons. The maximum Gasteiger partial charge on any atom is 0.222 e. The van der Waals surface area contributed by atoms with Crippen LogP contribution in [-0.4, -0.2) is 43.0 Å². The van der Waals surface area contributed by atoms with E-state index in [-0.39, 0.29) is 11.3 Å². The number of unbranched alkanes of at least 4 members (excludes halogenated alkanes) is 4. The number of halogens is 1. The maximum absolute atomic E-state index is 10.9. The minimum atomic E-state index is -0.278. The molecule has 140 valence electrons.